The van der Waals surface area contributed by atoms with E-state index in [-0.39, 0.29) is 11.8 Å². The van der Waals surface area contributed by atoms with Crippen LogP contribution in [-0.4, -0.2) is 11.1 Å². The topological polar surface area (TPSA) is 71.9 Å². The number of aromatic nitrogens is 1. The van der Waals surface area contributed by atoms with Gasteiger partial charge in [0.2, 0.25) is 0 Å². The molecule has 0 amide bonds. The van der Waals surface area contributed by atoms with Crippen molar-refractivity contribution in [3.05, 3.63) is 18.0 Å². The quantitative estimate of drug-likeness (QED) is 0.739. The molecule has 0 aliphatic rings. The fraction of sp³-hybridized carbons (Fsp3) is 0.333. The molecule has 68 valence electrons. The first-order chi connectivity index (χ1) is 6.13. The Kier molecular flexibility index (Phi) is 2.70. The minimum Gasteiger partial charge on any atom is -0.489 e. The molecule has 0 aliphatic carbocycles. The van der Waals surface area contributed by atoms with Crippen molar-refractivity contribution in [1.82, 2.24) is 4.98 Å². The highest BCUT2D eigenvalue weighted by atomic mass is 16.5. The van der Waals surface area contributed by atoms with E-state index in [1.165, 1.54) is 6.20 Å². The Morgan fingerprint density at radius 1 is 1.62 bits per heavy atom. The second-order valence-corrected chi connectivity index (χ2v) is 2.89. The molecule has 0 fully saturated rings. The van der Waals surface area contributed by atoms with Gasteiger partial charge >= 0.3 is 0 Å². The smallest absolute Gasteiger partial charge is 0.163 e. The van der Waals surface area contributed by atoms with Gasteiger partial charge in [0.1, 0.15) is 11.8 Å². The molecule has 0 saturated carbocycles. The molecule has 1 aromatic rings. The van der Waals surface area contributed by atoms with E-state index in [4.69, 9.17) is 15.7 Å². The highest BCUT2D eigenvalue weighted by Gasteiger charge is 2.03. The number of nitrogen functional groups attached to an aromatic ring is 1. The average Bonchev–Trinajstić information content (AvgIpc) is 2.03. The van der Waals surface area contributed by atoms with Crippen LogP contribution in [0.5, 0.6) is 5.75 Å². The molecule has 1 rings (SSSR count). The molecule has 2 N–H and O–H groups in total. The number of ether oxygens (including phenoxy) is 1. The van der Waals surface area contributed by atoms with E-state index in [1.807, 2.05) is 19.9 Å². The maximum Gasteiger partial charge on any atom is 0.163 e. The second kappa shape index (κ2) is 3.76. The highest BCUT2D eigenvalue weighted by Crippen LogP contribution is 2.17. The van der Waals surface area contributed by atoms with Crippen molar-refractivity contribution in [3.63, 3.8) is 0 Å². The fourth-order valence-electron chi connectivity index (χ4n) is 0.892. The molecule has 1 aromatic heterocycles. The van der Waals surface area contributed by atoms with Crippen molar-refractivity contribution in [3.8, 4) is 11.8 Å². The molecule has 0 radical (unpaired) electrons. The lowest BCUT2D eigenvalue weighted by molar-refractivity contribution is 0.241. The summed E-state index contributed by atoms with van der Waals surface area (Å²) in [5.74, 6) is 0.589. The Morgan fingerprint density at radius 3 is 2.77 bits per heavy atom. The molecule has 0 saturated heterocycles. The first kappa shape index (κ1) is 9.33. The normalized spacial score (nSPS) is 9.69. The van der Waals surface area contributed by atoms with Gasteiger partial charge in [-0.3, -0.25) is 0 Å². The van der Waals surface area contributed by atoms with Crippen molar-refractivity contribution in [2.24, 2.45) is 0 Å². The van der Waals surface area contributed by atoms with Gasteiger partial charge < -0.3 is 10.5 Å². The zero-order valence-corrected chi connectivity index (χ0v) is 7.61. The number of nitrogens with two attached hydrogens (primary N) is 1. The minimum atomic E-state index is 0.0779. The number of hydrogen-bond donors (Lipinski definition) is 1. The summed E-state index contributed by atoms with van der Waals surface area (Å²) >= 11 is 0. The van der Waals surface area contributed by atoms with Crippen LogP contribution in [0.25, 0.3) is 0 Å². The maximum absolute atomic E-state index is 8.56. The number of nitrogens with zero attached hydrogens (tertiary/aromatic N) is 2. The van der Waals surface area contributed by atoms with Crippen molar-refractivity contribution < 1.29 is 4.74 Å². The van der Waals surface area contributed by atoms with E-state index >= 15 is 0 Å². The van der Waals surface area contributed by atoms with Crippen LogP contribution in [0.2, 0.25) is 0 Å². The number of hydrogen-bond acceptors (Lipinski definition) is 4. The van der Waals surface area contributed by atoms with Crippen molar-refractivity contribution in [2.45, 2.75) is 20.0 Å². The average molecular weight is 177 g/mol. The summed E-state index contributed by atoms with van der Waals surface area (Å²) < 4.78 is 5.34. The highest BCUT2D eigenvalue weighted by molar-refractivity contribution is 5.52. The first-order valence-corrected chi connectivity index (χ1v) is 3.95. The van der Waals surface area contributed by atoms with Gasteiger partial charge in [-0.15, -0.1) is 0 Å². The molecule has 0 bridgehead atoms. The summed E-state index contributed by atoms with van der Waals surface area (Å²) in [5, 5.41) is 8.56. The molecule has 13 heavy (non-hydrogen) atoms. The molecule has 4 nitrogen and oxygen atoms in total. The Labute approximate surface area is 77.0 Å². The van der Waals surface area contributed by atoms with Gasteiger partial charge in [-0.2, -0.15) is 5.26 Å². The van der Waals surface area contributed by atoms with E-state index < -0.39 is 0 Å². The summed E-state index contributed by atoms with van der Waals surface area (Å²) in [6.45, 7) is 3.82. The van der Waals surface area contributed by atoms with Crippen LogP contribution < -0.4 is 10.5 Å². The zero-order valence-electron chi connectivity index (χ0n) is 7.61. The Bertz CT molecular complexity index is 341. The maximum atomic E-state index is 8.56. The molecular formula is C9H11N3O. The van der Waals surface area contributed by atoms with Crippen LogP contribution in [0.1, 0.15) is 19.5 Å². The van der Waals surface area contributed by atoms with Gasteiger partial charge in [-0.05, 0) is 13.8 Å². The lowest BCUT2D eigenvalue weighted by atomic mass is 10.3. The summed E-state index contributed by atoms with van der Waals surface area (Å²) in [4.78, 5) is 3.84. The van der Waals surface area contributed by atoms with Crippen LogP contribution in [0.15, 0.2) is 12.3 Å². The van der Waals surface area contributed by atoms with Gasteiger partial charge in [0.05, 0.1) is 18.0 Å². The molecule has 0 aromatic carbocycles. The Balaban J connectivity index is 2.91. The monoisotopic (exact) mass is 177 g/mol. The number of rotatable bonds is 2. The third-order valence-corrected chi connectivity index (χ3v) is 1.37. The van der Waals surface area contributed by atoms with Gasteiger partial charge in [-0.25, -0.2) is 4.98 Å². The lowest BCUT2D eigenvalue weighted by Crippen LogP contribution is -2.06. The van der Waals surface area contributed by atoms with E-state index in [9.17, 15) is 0 Å². The van der Waals surface area contributed by atoms with Crippen LogP contribution in [0.4, 0.5) is 5.69 Å². The standard InChI is InChI=1S/C9H11N3O/c1-6(2)13-7-3-8(11)9(4-10)12-5-7/h3,5-6H,11H2,1-2H3. The SMILES string of the molecule is CC(C)Oc1cnc(C#N)c(N)c1. The van der Waals surface area contributed by atoms with Gasteiger partial charge in [-0.1, -0.05) is 0 Å². The Morgan fingerprint density at radius 2 is 2.31 bits per heavy atom. The third kappa shape index (κ3) is 2.34. The van der Waals surface area contributed by atoms with Crippen molar-refractivity contribution in [1.29, 1.82) is 5.26 Å². The molecule has 0 aliphatic heterocycles. The summed E-state index contributed by atoms with van der Waals surface area (Å²) in [6.07, 6.45) is 1.57. The molecule has 0 unspecified atom stereocenters. The predicted octanol–water partition coefficient (Wildman–Crippen LogP) is 1.32. The first-order valence-electron chi connectivity index (χ1n) is 3.95. The van der Waals surface area contributed by atoms with Crippen LogP contribution >= 0.6 is 0 Å². The molecular weight excluding hydrogens is 166 g/mol. The van der Waals surface area contributed by atoms with Crippen LogP contribution in [0.3, 0.4) is 0 Å². The zero-order chi connectivity index (χ0) is 9.84. The van der Waals surface area contributed by atoms with E-state index in [2.05, 4.69) is 4.98 Å². The molecule has 1 heterocycles. The van der Waals surface area contributed by atoms with E-state index in [1.54, 1.807) is 6.07 Å². The second-order valence-electron chi connectivity index (χ2n) is 2.89. The van der Waals surface area contributed by atoms with Crippen LogP contribution in [-0.2, 0) is 0 Å². The lowest BCUT2D eigenvalue weighted by Gasteiger charge is -2.09. The number of nitriles is 1. The van der Waals surface area contributed by atoms with Gasteiger partial charge in [0.25, 0.3) is 0 Å². The van der Waals surface area contributed by atoms with E-state index in [0.29, 0.717) is 11.4 Å². The summed E-state index contributed by atoms with van der Waals surface area (Å²) in [5.41, 5.74) is 6.12. The Hall–Kier alpha value is -1.76. The third-order valence-electron chi connectivity index (χ3n) is 1.37. The van der Waals surface area contributed by atoms with E-state index in [0.717, 1.165) is 0 Å². The molecule has 4 heteroatoms. The largest absolute Gasteiger partial charge is 0.489 e. The van der Waals surface area contributed by atoms with Crippen molar-refractivity contribution in [2.75, 3.05) is 5.73 Å². The van der Waals surface area contributed by atoms with Gasteiger partial charge in [0.15, 0.2) is 5.69 Å². The molecule has 0 atom stereocenters. The minimum absolute atomic E-state index is 0.0779. The fourth-order valence-corrected chi connectivity index (χ4v) is 0.892. The van der Waals surface area contributed by atoms with Gasteiger partial charge in [0, 0.05) is 6.07 Å². The number of anilines is 1. The predicted molar refractivity (Wildman–Crippen MR) is 49.1 cm³/mol. The summed E-state index contributed by atoms with van der Waals surface area (Å²) in [7, 11) is 0. The summed E-state index contributed by atoms with van der Waals surface area (Å²) in [6, 6.07) is 3.49. The van der Waals surface area contributed by atoms with Crippen molar-refractivity contribution >= 4 is 5.69 Å². The molecule has 0 spiro atoms. The van der Waals surface area contributed by atoms with Crippen LogP contribution in [0, 0.1) is 11.3 Å². The number of pyridine rings is 1.